The maximum Gasteiger partial charge on any atom is 0.416 e. The first-order chi connectivity index (χ1) is 19.0. The number of urea groups is 1. The van der Waals surface area contributed by atoms with Gasteiger partial charge in [-0.2, -0.15) is 13.2 Å². The third-order valence-electron chi connectivity index (χ3n) is 8.84. The molecule has 0 radical (unpaired) electrons. The van der Waals surface area contributed by atoms with Gasteiger partial charge in [0, 0.05) is 39.1 Å². The Hall–Kier alpha value is -3.32. The van der Waals surface area contributed by atoms with Gasteiger partial charge in [0.15, 0.2) is 0 Å². The maximum absolute atomic E-state index is 14.2. The highest BCUT2D eigenvalue weighted by atomic mass is 19.4. The van der Waals surface area contributed by atoms with E-state index in [-0.39, 0.29) is 18.0 Å². The molecule has 4 nitrogen and oxygen atoms in total. The standard InChI is InChI=1S/C33H38F3N3O/c1-22-16-27(18-28(17-22)33(34,35)36)24(3)37(4)32(40)39-15-14-26-20-38(19-25-11-6-5-7-12-25)21-30(26)31(39)29-13-9-8-10-23(29)2/h5-13,16-18,24,26,30-31H,14-15,19-21H2,1-4H3/t24-,26-,30?,31?/m1/s1. The van der Waals surface area contributed by atoms with Crippen molar-refractivity contribution in [3.05, 3.63) is 106 Å². The van der Waals surface area contributed by atoms with Gasteiger partial charge in [-0.1, -0.05) is 66.2 Å². The van der Waals surface area contributed by atoms with Crippen LogP contribution in [-0.4, -0.2) is 47.4 Å². The summed E-state index contributed by atoms with van der Waals surface area (Å²) in [6.45, 7) is 8.96. The molecule has 2 aliphatic rings. The fourth-order valence-corrected chi connectivity index (χ4v) is 6.64. The molecule has 2 unspecified atom stereocenters. The summed E-state index contributed by atoms with van der Waals surface area (Å²) in [6.07, 6.45) is -3.52. The van der Waals surface area contributed by atoms with E-state index in [2.05, 4.69) is 48.2 Å². The predicted octanol–water partition coefficient (Wildman–Crippen LogP) is 7.63. The Labute approximate surface area is 235 Å². The molecular formula is C33H38F3N3O. The highest BCUT2D eigenvalue weighted by molar-refractivity contribution is 5.75. The Balaban J connectivity index is 1.42. The van der Waals surface area contributed by atoms with Gasteiger partial charge in [0.2, 0.25) is 0 Å². The normalized spacial score (nSPS) is 22.2. The van der Waals surface area contributed by atoms with E-state index in [0.29, 0.717) is 23.6 Å². The summed E-state index contributed by atoms with van der Waals surface area (Å²) in [4.78, 5) is 20.2. The highest BCUT2D eigenvalue weighted by Crippen LogP contribution is 2.45. The second kappa shape index (κ2) is 11.3. The van der Waals surface area contributed by atoms with Crippen molar-refractivity contribution in [2.24, 2.45) is 11.8 Å². The summed E-state index contributed by atoms with van der Waals surface area (Å²) < 4.78 is 40.6. The third kappa shape index (κ3) is 5.75. The molecule has 0 aliphatic carbocycles. The lowest BCUT2D eigenvalue weighted by Crippen LogP contribution is -2.51. The monoisotopic (exact) mass is 549 g/mol. The lowest BCUT2D eigenvalue weighted by atomic mass is 9.78. The molecule has 2 saturated heterocycles. The molecule has 2 fully saturated rings. The SMILES string of the molecule is Cc1cc([C@@H](C)N(C)C(=O)N2CC[C@@H]3CN(Cc4ccccc4)CC3C2c2ccccc2C)cc(C(F)(F)F)c1. The molecule has 0 aromatic heterocycles. The lowest BCUT2D eigenvalue weighted by Gasteiger charge is -2.45. The number of rotatable bonds is 5. The van der Waals surface area contributed by atoms with E-state index in [0.717, 1.165) is 43.2 Å². The van der Waals surface area contributed by atoms with Crippen LogP contribution in [0.1, 0.15) is 58.8 Å². The molecule has 3 aromatic rings. The Morgan fingerprint density at radius 2 is 1.70 bits per heavy atom. The van der Waals surface area contributed by atoms with E-state index in [1.54, 1.807) is 31.9 Å². The molecule has 0 N–H and O–H groups in total. The molecule has 2 heterocycles. The number of hydrogen-bond acceptors (Lipinski definition) is 2. The van der Waals surface area contributed by atoms with Crippen molar-refractivity contribution in [1.29, 1.82) is 0 Å². The van der Waals surface area contributed by atoms with Crippen molar-refractivity contribution in [3.8, 4) is 0 Å². The molecular weight excluding hydrogens is 511 g/mol. The van der Waals surface area contributed by atoms with Crippen LogP contribution in [0, 0.1) is 25.7 Å². The number of carbonyl (C=O) groups excluding carboxylic acids is 1. The van der Waals surface area contributed by atoms with Gasteiger partial charge in [0.1, 0.15) is 0 Å². The van der Waals surface area contributed by atoms with Crippen molar-refractivity contribution in [3.63, 3.8) is 0 Å². The van der Waals surface area contributed by atoms with Crippen LogP contribution in [0.2, 0.25) is 0 Å². The Bertz CT molecular complexity index is 1340. The number of benzene rings is 3. The molecule has 3 aromatic carbocycles. The van der Waals surface area contributed by atoms with Crippen molar-refractivity contribution in [2.45, 2.75) is 52.0 Å². The molecule has 5 rings (SSSR count). The number of carbonyl (C=O) groups is 1. The molecule has 0 bridgehead atoms. The van der Waals surface area contributed by atoms with Crippen molar-refractivity contribution < 1.29 is 18.0 Å². The summed E-state index contributed by atoms with van der Waals surface area (Å²) in [5.74, 6) is 0.758. The van der Waals surface area contributed by atoms with Crippen LogP contribution in [0.25, 0.3) is 0 Å². The van der Waals surface area contributed by atoms with Gasteiger partial charge in [0.25, 0.3) is 0 Å². The first-order valence-corrected chi connectivity index (χ1v) is 14.1. The van der Waals surface area contributed by atoms with Crippen LogP contribution < -0.4 is 0 Å². The summed E-state index contributed by atoms with van der Waals surface area (Å²) in [5.41, 5.74) is 3.92. The van der Waals surface area contributed by atoms with Crippen molar-refractivity contribution >= 4 is 6.03 Å². The van der Waals surface area contributed by atoms with Gasteiger partial charge in [-0.15, -0.1) is 0 Å². The van der Waals surface area contributed by atoms with E-state index >= 15 is 0 Å². The summed E-state index contributed by atoms with van der Waals surface area (Å²) >= 11 is 0. The zero-order valence-corrected chi connectivity index (χ0v) is 23.7. The average Bonchev–Trinajstić information content (AvgIpc) is 3.34. The number of fused-ring (bicyclic) bond motifs is 1. The minimum atomic E-state index is -4.44. The number of halogens is 3. The Morgan fingerprint density at radius 1 is 1.00 bits per heavy atom. The van der Waals surface area contributed by atoms with Gasteiger partial charge in [-0.3, -0.25) is 4.90 Å². The molecule has 0 spiro atoms. The molecule has 7 heteroatoms. The smallest absolute Gasteiger partial charge is 0.321 e. The molecule has 4 atom stereocenters. The van der Waals surface area contributed by atoms with Crippen LogP contribution in [-0.2, 0) is 12.7 Å². The van der Waals surface area contributed by atoms with Gasteiger partial charge in [-0.05, 0) is 67.5 Å². The number of piperidine rings is 1. The fraction of sp³-hybridized carbons (Fsp3) is 0.424. The highest BCUT2D eigenvalue weighted by Gasteiger charge is 2.47. The van der Waals surface area contributed by atoms with E-state index in [1.165, 1.54) is 11.6 Å². The van der Waals surface area contributed by atoms with Crippen LogP contribution in [0.15, 0.2) is 72.8 Å². The summed E-state index contributed by atoms with van der Waals surface area (Å²) in [7, 11) is 1.71. The number of hydrogen-bond donors (Lipinski definition) is 0. The average molecular weight is 550 g/mol. The van der Waals surface area contributed by atoms with Crippen LogP contribution in [0.3, 0.4) is 0 Å². The van der Waals surface area contributed by atoms with Crippen LogP contribution in [0.5, 0.6) is 0 Å². The first-order valence-electron chi connectivity index (χ1n) is 14.1. The quantitative estimate of drug-likeness (QED) is 0.327. The molecule has 0 saturated carbocycles. The van der Waals surface area contributed by atoms with Gasteiger partial charge >= 0.3 is 12.2 Å². The Kier molecular flexibility index (Phi) is 7.96. The Morgan fingerprint density at radius 3 is 2.40 bits per heavy atom. The second-order valence-electron chi connectivity index (χ2n) is 11.6. The zero-order chi connectivity index (χ0) is 28.6. The maximum atomic E-state index is 14.2. The van der Waals surface area contributed by atoms with Crippen LogP contribution >= 0.6 is 0 Å². The van der Waals surface area contributed by atoms with Gasteiger partial charge in [-0.25, -0.2) is 4.79 Å². The number of alkyl halides is 3. The second-order valence-corrected chi connectivity index (χ2v) is 11.6. The van der Waals surface area contributed by atoms with Crippen molar-refractivity contribution in [1.82, 2.24) is 14.7 Å². The number of likely N-dealkylation sites (tertiary alicyclic amines) is 2. The predicted molar refractivity (Wildman–Crippen MR) is 152 cm³/mol. The third-order valence-corrected chi connectivity index (χ3v) is 8.84. The summed E-state index contributed by atoms with van der Waals surface area (Å²) in [6, 6.07) is 22.1. The molecule has 2 amide bonds. The number of nitrogens with zero attached hydrogens (tertiary/aromatic N) is 3. The van der Waals surface area contributed by atoms with E-state index in [1.807, 2.05) is 23.1 Å². The number of aryl methyl sites for hydroxylation is 2. The topological polar surface area (TPSA) is 26.8 Å². The largest absolute Gasteiger partial charge is 0.416 e. The molecule has 212 valence electrons. The minimum absolute atomic E-state index is 0.0916. The zero-order valence-electron chi connectivity index (χ0n) is 23.7. The lowest BCUT2D eigenvalue weighted by molar-refractivity contribution is -0.137. The number of amides is 2. The molecule has 40 heavy (non-hydrogen) atoms. The van der Waals surface area contributed by atoms with E-state index < -0.39 is 17.8 Å². The van der Waals surface area contributed by atoms with E-state index in [4.69, 9.17) is 0 Å². The van der Waals surface area contributed by atoms with Gasteiger partial charge in [0.05, 0.1) is 17.6 Å². The van der Waals surface area contributed by atoms with Crippen LogP contribution in [0.4, 0.5) is 18.0 Å². The minimum Gasteiger partial charge on any atom is -0.321 e. The van der Waals surface area contributed by atoms with Crippen molar-refractivity contribution in [2.75, 3.05) is 26.7 Å². The van der Waals surface area contributed by atoms with E-state index in [9.17, 15) is 18.0 Å². The molecule has 2 aliphatic heterocycles. The fourth-order valence-electron chi connectivity index (χ4n) is 6.64. The summed E-state index contributed by atoms with van der Waals surface area (Å²) in [5, 5.41) is 0. The van der Waals surface area contributed by atoms with Gasteiger partial charge < -0.3 is 9.80 Å². The first kappa shape index (κ1) is 28.2.